The van der Waals surface area contributed by atoms with E-state index in [0.717, 1.165) is 18.6 Å². The molecule has 0 saturated heterocycles. The molecule has 2 rings (SSSR count). The van der Waals surface area contributed by atoms with Gasteiger partial charge in [0.05, 0.1) is 6.26 Å². The lowest BCUT2D eigenvalue weighted by Crippen LogP contribution is -1.84. The molecule has 0 amide bonds. The van der Waals surface area contributed by atoms with Crippen molar-refractivity contribution < 1.29 is 4.42 Å². The van der Waals surface area contributed by atoms with Crippen molar-refractivity contribution >= 4 is 0 Å². The van der Waals surface area contributed by atoms with Gasteiger partial charge in [0.25, 0.3) is 0 Å². The van der Waals surface area contributed by atoms with Gasteiger partial charge in [0.1, 0.15) is 5.76 Å². The molecule has 1 heteroatoms. The number of rotatable bonds is 4. The molecule has 15 heavy (non-hydrogen) atoms. The molecule has 0 unspecified atom stereocenters. The minimum Gasteiger partial charge on any atom is -0.469 e. The van der Waals surface area contributed by atoms with Crippen LogP contribution in [0.5, 0.6) is 0 Å². The van der Waals surface area contributed by atoms with Crippen LogP contribution in [-0.2, 0) is 12.8 Å². The van der Waals surface area contributed by atoms with E-state index < -0.39 is 0 Å². The van der Waals surface area contributed by atoms with E-state index in [1.54, 1.807) is 0 Å². The molecule has 0 spiro atoms. The second kappa shape index (κ2) is 4.83. The Labute approximate surface area is 90.7 Å². The zero-order valence-electron chi connectivity index (χ0n) is 9.07. The van der Waals surface area contributed by atoms with Gasteiger partial charge in [-0.1, -0.05) is 43.7 Å². The minimum absolute atomic E-state index is 0.893. The van der Waals surface area contributed by atoms with Crippen LogP contribution in [0.2, 0.25) is 0 Å². The quantitative estimate of drug-likeness (QED) is 0.731. The van der Waals surface area contributed by atoms with Crippen molar-refractivity contribution in [3.05, 3.63) is 59.5 Å². The fraction of sp³-hybridized carbons (Fsp3) is 0.286. The van der Waals surface area contributed by atoms with Crippen molar-refractivity contribution in [2.75, 3.05) is 0 Å². The van der Waals surface area contributed by atoms with E-state index in [-0.39, 0.29) is 0 Å². The maximum absolute atomic E-state index is 5.52. The SMILES string of the molecule is CCCc1coc(Cc2ccccc2)c1. The predicted octanol–water partition coefficient (Wildman–Crippen LogP) is 3.82. The summed E-state index contributed by atoms with van der Waals surface area (Å²) in [6.45, 7) is 2.18. The first kappa shape index (κ1) is 10.0. The molecule has 0 bridgehead atoms. The van der Waals surface area contributed by atoms with Gasteiger partial charge in [0, 0.05) is 6.42 Å². The topological polar surface area (TPSA) is 13.1 Å². The zero-order chi connectivity index (χ0) is 10.5. The first-order valence-electron chi connectivity index (χ1n) is 5.48. The Balaban J connectivity index is 2.05. The average molecular weight is 200 g/mol. The Morgan fingerprint density at radius 1 is 1.07 bits per heavy atom. The van der Waals surface area contributed by atoms with Crippen molar-refractivity contribution in [2.45, 2.75) is 26.2 Å². The van der Waals surface area contributed by atoms with E-state index in [2.05, 4.69) is 37.3 Å². The summed E-state index contributed by atoms with van der Waals surface area (Å²) in [5.41, 5.74) is 2.61. The molecular weight excluding hydrogens is 184 g/mol. The Morgan fingerprint density at radius 3 is 2.60 bits per heavy atom. The summed E-state index contributed by atoms with van der Waals surface area (Å²) in [4.78, 5) is 0. The predicted molar refractivity (Wildman–Crippen MR) is 62.0 cm³/mol. The van der Waals surface area contributed by atoms with Crippen molar-refractivity contribution in [1.82, 2.24) is 0 Å². The third-order valence-corrected chi connectivity index (χ3v) is 2.47. The van der Waals surface area contributed by atoms with Gasteiger partial charge in [-0.25, -0.2) is 0 Å². The van der Waals surface area contributed by atoms with Crippen LogP contribution in [0.4, 0.5) is 0 Å². The summed E-state index contributed by atoms with van der Waals surface area (Å²) in [7, 11) is 0. The standard InChI is InChI=1S/C14H16O/c1-2-6-13-10-14(15-11-13)9-12-7-4-3-5-8-12/h3-5,7-8,10-11H,2,6,9H2,1H3. The molecule has 1 heterocycles. The molecule has 2 aromatic rings. The molecule has 0 N–H and O–H groups in total. The molecule has 0 aliphatic carbocycles. The molecule has 1 nitrogen and oxygen atoms in total. The van der Waals surface area contributed by atoms with Crippen molar-refractivity contribution in [3.63, 3.8) is 0 Å². The third-order valence-electron chi connectivity index (χ3n) is 2.47. The van der Waals surface area contributed by atoms with Gasteiger partial charge in [-0.05, 0) is 23.6 Å². The summed E-state index contributed by atoms with van der Waals surface area (Å²) in [6, 6.07) is 12.6. The number of benzene rings is 1. The first-order chi connectivity index (χ1) is 7.38. The maximum Gasteiger partial charge on any atom is 0.108 e. The highest BCUT2D eigenvalue weighted by Gasteiger charge is 2.01. The molecule has 0 radical (unpaired) electrons. The molecule has 0 aliphatic rings. The second-order valence-corrected chi connectivity index (χ2v) is 3.83. The van der Waals surface area contributed by atoms with E-state index in [0.29, 0.717) is 0 Å². The Morgan fingerprint density at radius 2 is 1.87 bits per heavy atom. The van der Waals surface area contributed by atoms with Crippen LogP contribution in [0.15, 0.2) is 47.1 Å². The Hall–Kier alpha value is -1.50. The van der Waals surface area contributed by atoms with E-state index in [1.165, 1.54) is 17.5 Å². The number of hydrogen-bond donors (Lipinski definition) is 0. The normalized spacial score (nSPS) is 10.5. The number of aryl methyl sites for hydroxylation is 1. The van der Waals surface area contributed by atoms with Crippen LogP contribution >= 0.6 is 0 Å². The van der Waals surface area contributed by atoms with Crippen LogP contribution in [0, 0.1) is 0 Å². The number of hydrogen-bond acceptors (Lipinski definition) is 1. The second-order valence-electron chi connectivity index (χ2n) is 3.83. The highest BCUT2D eigenvalue weighted by Crippen LogP contribution is 2.14. The van der Waals surface area contributed by atoms with Crippen LogP contribution in [-0.4, -0.2) is 0 Å². The summed E-state index contributed by atoms with van der Waals surface area (Å²) >= 11 is 0. The van der Waals surface area contributed by atoms with Crippen molar-refractivity contribution in [2.24, 2.45) is 0 Å². The number of furan rings is 1. The fourth-order valence-electron chi connectivity index (χ4n) is 1.74. The largest absolute Gasteiger partial charge is 0.469 e. The molecule has 0 saturated carbocycles. The van der Waals surface area contributed by atoms with Gasteiger partial charge < -0.3 is 4.42 Å². The van der Waals surface area contributed by atoms with Crippen LogP contribution in [0.3, 0.4) is 0 Å². The monoisotopic (exact) mass is 200 g/mol. The minimum atomic E-state index is 0.893. The third kappa shape index (κ3) is 2.72. The summed E-state index contributed by atoms with van der Waals surface area (Å²) in [6.07, 6.45) is 5.05. The molecule has 78 valence electrons. The van der Waals surface area contributed by atoms with Gasteiger partial charge in [-0.3, -0.25) is 0 Å². The van der Waals surface area contributed by atoms with E-state index in [1.807, 2.05) is 12.3 Å². The molecule has 0 atom stereocenters. The van der Waals surface area contributed by atoms with Gasteiger partial charge in [0.15, 0.2) is 0 Å². The van der Waals surface area contributed by atoms with E-state index in [4.69, 9.17) is 4.42 Å². The van der Waals surface area contributed by atoms with Crippen molar-refractivity contribution in [1.29, 1.82) is 0 Å². The van der Waals surface area contributed by atoms with Crippen LogP contribution < -0.4 is 0 Å². The Bertz CT molecular complexity index is 400. The highest BCUT2D eigenvalue weighted by molar-refractivity contribution is 5.22. The zero-order valence-corrected chi connectivity index (χ0v) is 9.07. The smallest absolute Gasteiger partial charge is 0.108 e. The summed E-state index contributed by atoms with van der Waals surface area (Å²) < 4.78 is 5.52. The molecule has 1 aromatic carbocycles. The van der Waals surface area contributed by atoms with Crippen LogP contribution in [0.25, 0.3) is 0 Å². The van der Waals surface area contributed by atoms with Gasteiger partial charge >= 0.3 is 0 Å². The maximum atomic E-state index is 5.52. The fourth-order valence-corrected chi connectivity index (χ4v) is 1.74. The van der Waals surface area contributed by atoms with Gasteiger partial charge in [-0.15, -0.1) is 0 Å². The summed E-state index contributed by atoms with van der Waals surface area (Å²) in [5, 5.41) is 0. The molecule has 0 fully saturated rings. The lowest BCUT2D eigenvalue weighted by molar-refractivity contribution is 0.518. The van der Waals surface area contributed by atoms with E-state index >= 15 is 0 Å². The molecule has 1 aromatic heterocycles. The van der Waals surface area contributed by atoms with Gasteiger partial charge in [0.2, 0.25) is 0 Å². The van der Waals surface area contributed by atoms with Crippen LogP contribution in [0.1, 0.15) is 30.2 Å². The average Bonchev–Trinajstić information content (AvgIpc) is 2.68. The first-order valence-corrected chi connectivity index (χ1v) is 5.48. The Kier molecular flexibility index (Phi) is 3.23. The summed E-state index contributed by atoms with van der Waals surface area (Å²) in [5.74, 6) is 1.06. The molecule has 0 aliphatic heterocycles. The highest BCUT2D eigenvalue weighted by atomic mass is 16.3. The molecular formula is C14H16O. The van der Waals surface area contributed by atoms with E-state index in [9.17, 15) is 0 Å². The lowest BCUT2D eigenvalue weighted by atomic mass is 10.1. The lowest BCUT2D eigenvalue weighted by Gasteiger charge is -1.96. The van der Waals surface area contributed by atoms with Gasteiger partial charge in [-0.2, -0.15) is 0 Å². The van der Waals surface area contributed by atoms with Crippen molar-refractivity contribution in [3.8, 4) is 0 Å².